The van der Waals surface area contributed by atoms with Gasteiger partial charge in [-0.3, -0.25) is 9.69 Å². The van der Waals surface area contributed by atoms with Crippen LogP contribution in [-0.2, 0) is 11.3 Å². The van der Waals surface area contributed by atoms with Gasteiger partial charge in [-0.25, -0.2) is 4.98 Å². The minimum absolute atomic E-state index is 0.160. The van der Waals surface area contributed by atoms with E-state index in [1.807, 2.05) is 29.6 Å². The number of nitrogens with one attached hydrogen (secondary N) is 1. The summed E-state index contributed by atoms with van der Waals surface area (Å²) in [6.07, 6.45) is 0.401. The van der Waals surface area contributed by atoms with Gasteiger partial charge in [0.05, 0.1) is 24.6 Å². The average molecular weight is 450 g/mol. The van der Waals surface area contributed by atoms with Gasteiger partial charge in [0.1, 0.15) is 10.7 Å². The topological polar surface area (TPSA) is 78.5 Å². The third-order valence-corrected chi connectivity index (χ3v) is 5.96. The Kier molecular flexibility index (Phi) is 8.02. The Morgan fingerprint density at radius 3 is 2.87 bits per heavy atom. The molecule has 1 unspecified atom stereocenters. The van der Waals surface area contributed by atoms with Gasteiger partial charge in [-0.2, -0.15) is 0 Å². The lowest BCUT2D eigenvalue weighted by atomic mass is 10.1. The number of halogens is 1. The maximum Gasteiger partial charge on any atom is 0.260 e. The molecule has 0 bridgehead atoms. The highest BCUT2D eigenvalue weighted by Crippen LogP contribution is 2.32. The molecule has 1 atom stereocenters. The van der Waals surface area contributed by atoms with E-state index in [9.17, 15) is 9.90 Å². The summed E-state index contributed by atoms with van der Waals surface area (Å²) >= 11 is 7.57. The summed E-state index contributed by atoms with van der Waals surface area (Å²) in [4.78, 5) is 23.3. The molecule has 162 valence electrons. The Morgan fingerprint density at radius 1 is 1.37 bits per heavy atom. The fourth-order valence-corrected chi connectivity index (χ4v) is 4.52. The standard InChI is InChI=1S/C22H28ClN3O3S/c1-14(2)7-8-26(10-17(27)12-29-3)11-19-24-21(28)20-18(13-30-22(20)25-19)15-5-4-6-16(23)9-15/h4-6,9,13-14,17,27H,7-8,10-12H2,1-3H3,(H,24,25,28). The van der Waals surface area contributed by atoms with E-state index < -0.39 is 6.10 Å². The Balaban J connectivity index is 1.87. The van der Waals surface area contributed by atoms with E-state index in [2.05, 4.69) is 23.7 Å². The smallest absolute Gasteiger partial charge is 0.260 e. The third kappa shape index (κ3) is 5.89. The molecule has 0 aliphatic heterocycles. The number of fused-ring (bicyclic) bond motifs is 1. The molecule has 0 fully saturated rings. The molecule has 30 heavy (non-hydrogen) atoms. The van der Waals surface area contributed by atoms with Crippen LogP contribution in [-0.4, -0.2) is 52.9 Å². The summed E-state index contributed by atoms with van der Waals surface area (Å²) < 4.78 is 5.05. The number of aliphatic hydroxyl groups excluding tert-OH is 1. The van der Waals surface area contributed by atoms with Gasteiger partial charge in [-0.05, 0) is 36.6 Å². The normalized spacial score (nSPS) is 12.9. The van der Waals surface area contributed by atoms with Crippen molar-refractivity contribution in [1.29, 1.82) is 0 Å². The molecule has 0 spiro atoms. The zero-order valence-electron chi connectivity index (χ0n) is 17.5. The number of hydrogen-bond acceptors (Lipinski definition) is 6. The second-order valence-electron chi connectivity index (χ2n) is 7.88. The van der Waals surface area contributed by atoms with Crippen LogP contribution in [0.15, 0.2) is 34.4 Å². The molecule has 0 aliphatic rings. The van der Waals surface area contributed by atoms with Gasteiger partial charge in [-0.1, -0.05) is 37.6 Å². The lowest BCUT2D eigenvalue weighted by molar-refractivity contribution is 0.0342. The van der Waals surface area contributed by atoms with Crippen molar-refractivity contribution in [1.82, 2.24) is 14.9 Å². The Bertz CT molecular complexity index is 1030. The van der Waals surface area contributed by atoms with Gasteiger partial charge >= 0.3 is 0 Å². The molecule has 3 rings (SSSR count). The second-order valence-corrected chi connectivity index (χ2v) is 9.17. The summed E-state index contributed by atoms with van der Waals surface area (Å²) in [5, 5.41) is 13.3. The number of H-pyrrole nitrogens is 1. The molecule has 6 nitrogen and oxygen atoms in total. The summed E-state index contributed by atoms with van der Waals surface area (Å²) in [7, 11) is 1.57. The minimum atomic E-state index is -0.589. The first-order valence-corrected chi connectivity index (χ1v) is 11.3. The van der Waals surface area contributed by atoms with Gasteiger partial charge in [0.2, 0.25) is 0 Å². The maximum atomic E-state index is 12.9. The van der Waals surface area contributed by atoms with Crippen molar-refractivity contribution in [3.05, 3.63) is 50.8 Å². The molecule has 2 N–H and O–H groups in total. The average Bonchev–Trinajstić information content (AvgIpc) is 3.11. The van der Waals surface area contributed by atoms with Crippen molar-refractivity contribution < 1.29 is 9.84 Å². The van der Waals surface area contributed by atoms with Crippen LogP contribution < -0.4 is 5.56 Å². The number of benzene rings is 1. The lowest BCUT2D eigenvalue weighted by Gasteiger charge is -2.25. The first kappa shape index (κ1) is 22.9. The lowest BCUT2D eigenvalue weighted by Crippen LogP contribution is -2.36. The fourth-order valence-electron chi connectivity index (χ4n) is 3.37. The van der Waals surface area contributed by atoms with Gasteiger partial charge in [0, 0.05) is 29.6 Å². The van der Waals surface area contributed by atoms with Crippen LogP contribution in [0.4, 0.5) is 0 Å². The molecule has 8 heteroatoms. The first-order chi connectivity index (χ1) is 14.4. The fraction of sp³-hybridized carbons (Fsp3) is 0.455. The van der Waals surface area contributed by atoms with E-state index >= 15 is 0 Å². The summed E-state index contributed by atoms with van der Waals surface area (Å²) in [6.45, 7) is 6.33. The van der Waals surface area contributed by atoms with Crippen LogP contribution in [0.25, 0.3) is 21.3 Å². The Hall–Kier alpha value is -1.77. The van der Waals surface area contributed by atoms with Gasteiger partial charge in [0.25, 0.3) is 5.56 Å². The highest BCUT2D eigenvalue weighted by molar-refractivity contribution is 7.17. The number of methoxy groups -OCH3 is 1. The van der Waals surface area contributed by atoms with Crippen molar-refractivity contribution in [2.24, 2.45) is 5.92 Å². The molecule has 0 saturated heterocycles. The number of nitrogens with zero attached hydrogens (tertiary/aromatic N) is 2. The molecule has 1 aromatic carbocycles. The molecule has 0 saturated carbocycles. The zero-order chi connectivity index (χ0) is 21.7. The quantitative estimate of drug-likeness (QED) is 0.486. The van der Waals surface area contributed by atoms with Crippen molar-refractivity contribution in [3.63, 3.8) is 0 Å². The molecule has 0 radical (unpaired) electrons. The number of hydrogen-bond donors (Lipinski definition) is 2. The van der Waals surface area contributed by atoms with Crippen LogP contribution in [0.3, 0.4) is 0 Å². The molecule has 0 aliphatic carbocycles. The second kappa shape index (κ2) is 10.5. The number of rotatable bonds is 10. The Labute approximate surface area is 185 Å². The van der Waals surface area contributed by atoms with Crippen LogP contribution in [0.1, 0.15) is 26.1 Å². The predicted octanol–water partition coefficient (Wildman–Crippen LogP) is 4.16. The molecular weight excluding hydrogens is 422 g/mol. The number of ether oxygens (including phenoxy) is 1. The number of aromatic nitrogens is 2. The van der Waals surface area contributed by atoms with E-state index in [0.717, 1.165) is 24.1 Å². The number of aliphatic hydroxyl groups is 1. The van der Waals surface area contributed by atoms with E-state index in [1.54, 1.807) is 7.11 Å². The van der Waals surface area contributed by atoms with Crippen molar-refractivity contribution >= 4 is 33.2 Å². The van der Waals surface area contributed by atoms with Crippen LogP contribution >= 0.6 is 22.9 Å². The molecule has 3 aromatic rings. The van der Waals surface area contributed by atoms with Crippen LogP contribution in [0.5, 0.6) is 0 Å². The van der Waals surface area contributed by atoms with Crippen molar-refractivity contribution in [2.75, 3.05) is 26.8 Å². The minimum Gasteiger partial charge on any atom is -0.389 e. The maximum absolute atomic E-state index is 12.9. The molecule has 0 amide bonds. The summed E-state index contributed by atoms with van der Waals surface area (Å²) in [5.74, 6) is 1.14. The number of aromatic amines is 1. The van der Waals surface area contributed by atoms with Gasteiger partial charge < -0.3 is 14.8 Å². The first-order valence-electron chi connectivity index (χ1n) is 10.0. The van der Waals surface area contributed by atoms with E-state index in [0.29, 0.717) is 40.1 Å². The molecular formula is C22H28ClN3O3S. The van der Waals surface area contributed by atoms with Crippen molar-refractivity contribution in [2.45, 2.75) is 32.9 Å². The van der Waals surface area contributed by atoms with Gasteiger partial charge in [-0.15, -0.1) is 11.3 Å². The molecule has 2 aromatic heterocycles. The van der Waals surface area contributed by atoms with E-state index in [-0.39, 0.29) is 12.2 Å². The SMILES string of the molecule is COCC(O)CN(CCC(C)C)Cc1nc2scc(-c3cccc(Cl)c3)c2c(=O)[nH]1. The van der Waals surface area contributed by atoms with Gasteiger partial charge in [0.15, 0.2) is 0 Å². The zero-order valence-corrected chi connectivity index (χ0v) is 19.1. The highest BCUT2D eigenvalue weighted by atomic mass is 35.5. The third-order valence-electron chi connectivity index (χ3n) is 4.85. The highest BCUT2D eigenvalue weighted by Gasteiger charge is 2.17. The number of thiophene rings is 1. The van der Waals surface area contributed by atoms with E-state index in [4.69, 9.17) is 21.3 Å². The largest absolute Gasteiger partial charge is 0.389 e. The van der Waals surface area contributed by atoms with Crippen molar-refractivity contribution in [3.8, 4) is 11.1 Å². The Morgan fingerprint density at radius 2 is 2.17 bits per heavy atom. The summed E-state index contributed by atoms with van der Waals surface area (Å²) in [6, 6.07) is 7.46. The molecule has 2 heterocycles. The van der Waals surface area contributed by atoms with E-state index in [1.165, 1.54) is 11.3 Å². The van der Waals surface area contributed by atoms with Crippen LogP contribution in [0, 0.1) is 5.92 Å². The summed E-state index contributed by atoms with van der Waals surface area (Å²) in [5.41, 5.74) is 1.58. The monoisotopic (exact) mass is 449 g/mol. The van der Waals surface area contributed by atoms with Crippen LogP contribution in [0.2, 0.25) is 5.02 Å². The predicted molar refractivity (Wildman–Crippen MR) is 123 cm³/mol.